The number of rotatable bonds is 6. The second-order valence-corrected chi connectivity index (χ2v) is 8.34. The molecule has 134 valence electrons. The van der Waals surface area contributed by atoms with Crippen LogP contribution in [0.5, 0.6) is 5.75 Å². The van der Waals surface area contributed by atoms with Gasteiger partial charge in [-0.2, -0.15) is 4.31 Å². The van der Waals surface area contributed by atoms with Crippen molar-refractivity contribution in [3.05, 3.63) is 23.8 Å². The fourth-order valence-electron chi connectivity index (χ4n) is 2.66. The third-order valence-electron chi connectivity index (χ3n) is 4.03. The van der Waals surface area contributed by atoms with Crippen molar-refractivity contribution in [2.75, 3.05) is 26.7 Å². The summed E-state index contributed by atoms with van der Waals surface area (Å²) in [5.74, 6) is 0.311. The molecular weight excluding hydrogens is 328 g/mol. The van der Waals surface area contributed by atoms with Crippen LogP contribution in [0.15, 0.2) is 23.1 Å². The quantitative estimate of drug-likeness (QED) is 0.850. The highest BCUT2D eigenvalue weighted by Gasteiger charge is 2.29. The summed E-state index contributed by atoms with van der Waals surface area (Å²) in [5, 5.41) is 2.81. The fraction of sp³-hybridized carbons (Fsp3) is 0.588. The summed E-state index contributed by atoms with van der Waals surface area (Å²) in [7, 11) is -2.23. The maximum atomic E-state index is 12.9. The molecule has 0 atom stereocenters. The van der Waals surface area contributed by atoms with Gasteiger partial charge in [0.05, 0.1) is 7.11 Å². The summed E-state index contributed by atoms with van der Waals surface area (Å²) in [6.07, 6.45) is 2.76. The molecular formula is C17H26N2O4S. The van der Waals surface area contributed by atoms with Crippen molar-refractivity contribution < 1.29 is 17.9 Å². The van der Waals surface area contributed by atoms with Crippen LogP contribution in [0.2, 0.25) is 0 Å². The standard InChI is InChI=1S/C17H26N2O4S/c1-13(2)12-18-17(20)14-7-8-15(23-3)16(11-14)24(21,22)19-9-5-4-6-10-19/h7-8,11,13H,4-6,9-10,12H2,1-3H3,(H,18,20). The summed E-state index contributed by atoms with van der Waals surface area (Å²) in [5.41, 5.74) is 0.326. The zero-order valence-corrected chi connectivity index (χ0v) is 15.4. The van der Waals surface area contributed by atoms with E-state index >= 15 is 0 Å². The Labute approximate surface area is 144 Å². The van der Waals surface area contributed by atoms with Gasteiger partial charge in [-0.1, -0.05) is 20.3 Å². The largest absolute Gasteiger partial charge is 0.495 e. The Bertz CT molecular complexity index is 680. The van der Waals surface area contributed by atoms with E-state index in [9.17, 15) is 13.2 Å². The lowest BCUT2D eigenvalue weighted by molar-refractivity contribution is 0.0948. The van der Waals surface area contributed by atoms with E-state index in [1.54, 1.807) is 12.1 Å². The lowest BCUT2D eigenvalue weighted by Crippen LogP contribution is -2.36. The summed E-state index contributed by atoms with van der Waals surface area (Å²) in [4.78, 5) is 12.3. The number of ether oxygens (including phenoxy) is 1. The fourth-order valence-corrected chi connectivity index (χ4v) is 4.36. The molecule has 0 aromatic heterocycles. The number of hydrogen-bond acceptors (Lipinski definition) is 4. The van der Waals surface area contributed by atoms with Crippen molar-refractivity contribution >= 4 is 15.9 Å². The van der Waals surface area contributed by atoms with E-state index in [1.807, 2.05) is 13.8 Å². The maximum Gasteiger partial charge on any atom is 0.251 e. The number of hydrogen-bond donors (Lipinski definition) is 1. The van der Waals surface area contributed by atoms with Crippen LogP contribution in [0.1, 0.15) is 43.5 Å². The molecule has 1 saturated heterocycles. The van der Waals surface area contributed by atoms with Crippen LogP contribution in [-0.4, -0.2) is 45.4 Å². The molecule has 1 N–H and O–H groups in total. The zero-order chi connectivity index (χ0) is 17.7. The molecule has 0 radical (unpaired) electrons. The van der Waals surface area contributed by atoms with Gasteiger partial charge in [-0.05, 0) is 37.0 Å². The number of nitrogens with one attached hydrogen (secondary N) is 1. The van der Waals surface area contributed by atoms with Gasteiger partial charge < -0.3 is 10.1 Å². The highest BCUT2D eigenvalue weighted by atomic mass is 32.2. The van der Waals surface area contributed by atoms with Crippen molar-refractivity contribution in [2.24, 2.45) is 5.92 Å². The molecule has 1 heterocycles. The Kier molecular flexibility index (Phi) is 6.23. The minimum atomic E-state index is -3.66. The van der Waals surface area contributed by atoms with Crippen LogP contribution in [0.4, 0.5) is 0 Å². The average Bonchev–Trinajstić information content (AvgIpc) is 2.59. The molecule has 0 unspecified atom stereocenters. The highest BCUT2D eigenvalue weighted by molar-refractivity contribution is 7.89. The van der Waals surface area contributed by atoms with E-state index in [0.717, 1.165) is 19.3 Å². The van der Waals surface area contributed by atoms with Gasteiger partial charge in [-0.25, -0.2) is 8.42 Å². The molecule has 1 amide bonds. The number of nitrogens with zero attached hydrogens (tertiary/aromatic N) is 1. The topological polar surface area (TPSA) is 75.7 Å². The predicted molar refractivity (Wildman–Crippen MR) is 92.8 cm³/mol. The van der Waals surface area contributed by atoms with Crippen molar-refractivity contribution in [1.82, 2.24) is 9.62 Å². The van der Waals surface area contributed by atoms with E-state index in [0.29, 0.717) is 31.1 Å². The second kappa shape index (κ2) is 7.98. The Morgan fingerprint density at radius 1 is 1.25 bits per heavy atom. The van der Waals surface area contributed by atoms with Gasteiger partial charge in [-0.15, -0.1) is 0 Å². The minimum absolute atomic E-state index is 0.0593. The van der Waals surface area contributed by atoms with E-state index in [1.165, 1.54) is 17.5 Å². The molecule has 6 nitrogen and oxygen atoms in total. The van der Waals surface area contributed by atoms with Crippen LogP contribution in [-0.2, 0) is 10.0 Å². The summed E-state index contributed by atoms with van der Waals surface area (Å²) in [6.45, 7) is 5.56. The molecule has 24 heavy (non-hydrogen) atoms. The summed E-state index contributed by atoms with van der Waals surface area (Å²) >= 11 is 0. The van der Waals surface area contributed by atoms with Gasteiger partial charge in [-0.3, -0.25) is 4.79 Å². The third kappa shape index (κ3) is 4.27. The van der Waals surface area contributed by atoms with Gasteiger partial charge in [0.15, 0.2) is 0 Å². The molecule has 1 aromatic rings. The van der Waals surface area contributed by atoms with Crippen molar-refractivity contribution in [2.45, 2.75) is 38.0 Å². The van der Waals surface area contributed by atoms with Crippen molar-refractivity contribution in [3.8, 4) is 5.75 Å². The van der Waals surface area contributed by atoms with Crippen molar-refractivity contribution in [3.63, 3.8) is 0 Å². The average molecular weight is 354 g/mol. The van der Waals surface area contributed by atoms with E-state index in [-0.39, 0.29) is 16.6 Å². The molecule has 0 saturated carbocycles. The van der Waals surface area contributed by atoms with Gasteiger partial charge in [0.25, 0.3) is 5.91 Å². The molecule has 7 heteroatoms. The van der Waals surface area contributed by atoms with E-state index < -0.39 is 10.0 Å². The van der Waals surface area contributed by atoms with Crippen LogP contribution in [0.25, 0.3) is 0 Å². The van der Waals surface area contributed by atoms with Gasteiger partial charge in [0.1, 0.15) is 10.6 Å². The third-order valence-corrected chi connectivity index (χ3v) is 5.95. The first-order valence-corrected chi connectivity index (χ1v) is 9.76. The first-order chi connectivity index (χ1) is 11.4. The number of sulfonamides is 1. The summed E-state index contributed by atoms with van der Waals surface area (Å²) in [6, 6.07) is 4.54. The molecule has 1 aliphatic rings. The normalized spacial score (nSPS) is 16.2. The molecule has 0 bridgehead atoms. The number of amides is 1. The number of carbonyl (C=O) groups excluding carboxylic acids is 1. The number of piperidine rings is 1. The SMILES string of the molecule is COc1ccc(C(=O)NCC(C)C)cc1S(=O)(=O)N1CCCCC1. The highest BCUT2D eigenvalue weighted by Crippen LogP contribution is 2.29. The summed E-state index contributed by atoms with van der Waals surface area (Å²) < 4.78 is 32.5. The lowest BCUT2D eigenvalue weighted by Gasteiger charge is -2.26. The molecule has 0 aliphatic carbocycles. The molecule has 1 fully saturated rings. The van der Waals surface area contributed by atoms with Gasteiger partial charge in [0.2, 0.25) is 10.0 Å². The molecule has 1 aliphatic heterocycles. The monoisotopic (exact) mass is 354 g/mol. The number of carbonyl (C=O) groups is 1. The molecule has 2 rings (SSSR count). The van der Waals surface area contributed by atoms with E-state index in [2.05, 4.69) is 5.32 Å². The van der Waals surface area contributed by atoms with Crippen LogP contribution in [0.3, 0.4) is 0 Å². The number of benzene rings is 1. The predicted octanol–water partition coefficient (Wildman–Crippen LogP) is 2.26. The maximum absolute atomic E-state index is 12.9. The van der Waals surface area contributed by atoms with Crippen LogP contribution in [0, 0.1) is 5.92 Å². The van der Waals surface area contributed by atoms with Crippen LogP contribution < -0.4 is 10.1 Å². The first kappa shape index (κ1) is 18.7. The molecule has 0 spiro atoms. The van der Waals surface area contributed by atoms with E-state index in [4.69, 9.17) is 4.74 Å². The Hall–Kier alpha value is -1.60. The first-order valence-electron chi connectivity index (χ1n) is 8.32. The van der Waals surface area contributed by atoms with Gasteiger partial charge >= 0.3 is 0 Å². The number of methoxy groups -OCH3 is 1. The zero-order valence-electron chi connectivity index (χ0n) is 14.5. The van der Waals surface area contributed by atoms with Gasteiger partial charge in [0, 0.05) is 25.2 Å². The Morgan fingerprint density at radius 3 is 2.50 bits per heavy atom. The minimum Gasteiger partial charge on any atom is -0.495 e. The lowest BCUT2D eigenvalue weighted by atomic mass is 10.2. The Balaban J connectivity index is 2.33. The van der Waals surface area contributed by atoms with Crippen LogP contribution >= 0.6 is 0 Å². The second-order valence-electron chi connectivity index (χ2n) is 6.43. The molecule has 1 aromatic carbocycles. The smallest absolute Gasteiger partial charge is 0.251 e. The Morgan fingerprint density at radius 2 is 1.92 bits per heavy atom. The van der Waals surface area contributed by atoms with Crippen molar-refractivity contribution in [1.29, 1.82) is 0 Å².